The number of nitrogens with two attached hydrogens (primary N) is 1. The summed E-state index contributed by atoms with van der Waals surface area (Å²) in [6.45, 7) is 2.23. The number of anilines is 1. The molecule has 0 fully saturated rings. The Bertz CT molecular complexity index is 343. The standard InChI is InChI=1S/C12H20N4O2/c1-17-9-10-18-8-7-14-12(16-13)15-11-5-3-2-4-6-11/h2-6H,7-10,13H2,1H3,(H2,14,15,16). The van der Waals surface area contributed by atoms with Crippen molar-refractivity contribution in [2.24, 2.45) is 10.8 Å². The Morgan fingerprint density at radius 2 is 2.00 bits per heavy atom. The van der Waals surface area contributed by atoms with Crippen LogP contribution in [0.5, 0.6) is 0 Å². The van der Waals surface area contributed by atoms with Gasteiger partial charge in [0.1, 0.15) is 0 Å². The van der Waals surface area contributed by atoms with Crippen LogP contribution in [0, 0.1) is 0 Å². The Balaban J connectivity index is 2.27. The molecule has 0 radical (unpaired) electrons. The number of hydrogen-bond donors (Lipinski definition) is 3. The van der Waals surface area contributed by atoms with Crippen LogP contribution in [0.4, 0.5) is 5.69 Å². The largest absolute Gasteiger partial charge is 0.382 e. The van der Waals surface area contributed by atoms with Gasteiger partial charge in [-0.3, -0.25) is 5.43 Å². The molecule has 4 N–H and O–H groups in total. The molecule has 1 aromatic carbocycles. The van der Waals surface area contributed by atoms with Crippen molar-refractivity contribution in [3.8, 4) is 0 Å². The van der Waals surface area contributed by atoms with Gasteiger partial charge in [-0.1, -0.05) is 18.2 Å². The summed E-state index contributed by atoms with van der Waals surface area (Å²) >= 11 is 0. The summed E-state index contributed by atoms with van der Waals surface area (Å²) in [5.74, 6) is 5.89. The van der Waals surface area contributed by atoms with E-state index in [9.17, 15) is 0 Å². The lowest BCUT2D eigenvalue weighted by molar-refractivity contribution is 0.0748. The van der Waals surface area contributed by atoms with E-state index in [2.05, 4.69) is 15.7 Å². The van der Waals surface area contributed by atoms with Crippen LogP contribution in [-0.2, 0) is 9.47 Å². The molecule has 0 unspecified atom stereocenters. The molecule has 0 aromatic heterocycles. The van der Waals surface area contributed by atoms with Gasteiger partial charge in [0.2, 0.25) is 5.96 Å². The molecule has 18 heavy (non-hydrogen) atoms. The summed E-state index contributed by atoms with van der Waals surface area (Å²) in [7, 11) is 1.64. The van der Waals surface area contributed by atoms with E-state index in [1.54, 1.807) is 7.11 Å². The molecule has 0 aliphatic heterocycles. The second-order valence-corrected chi connectivity index (χ2v) is 3.47. The Morgan fingerprint density at radius 1 is 1.22 bits per heavy atom. The molecule has 1 aromatic rings. The Kier molecular flexibility index (Phi) is 7.54. The lowest BCUT2D eigenvalue weighted by Crippen LogP contribution is -2.36. The number of hydrogen-bond acceptors (Lipinski definition) is 4. The number of hydrazine groups is 1. The second-order valence-electron chi connectivity index (χ2n) is 3.47. The average molecular weight is 252 g/mol. The molecule has 0 heterocycles. The first-order valence-electron chi connectivity index (χ1n) is 5.76. The van der Waals surface area contributed by atoms with Crippen LogP contribution in [0.3, 0.4) is 0 Å². The van der Waals surface area contributed by atoms with E-state index < -0.39 is 0 Å². The van der Waals surface area contributed by atoms with Crippen LogP contribution in [-0.4, -0.2) is 39.4 Å². The van der Waals surface area contributed by atoms with E-state index in [1.807, 2.05) is 30.3 Å². The maximum atomic E-state index is 5.38. The molecule has 0 saturated carbocycles. The third-order valence-electron chi connectivity index (χ3n) is 2.11. The van der Waals surface area contributed by atoms with Crippen molar-refractivity contribution in [1.29, 1.82) is 0 Å². The molecule has 1 rings (SSSR count). The molecule has 0 aliphatic carbocycles. The number of ether oxygens (including phenoxy) is 2. The van der Waals surface area contributed by atoms with Gasteiger partial charge in [0.05, 0.1) is 26.4 Å². The van der Waals surface area contributed by atoms with Crippen LogP contribution in [0.15, 0.2) is 35.3 Å². The number of nitrogens with zero attached hydrogens (tertiary/aromatic N) is 1. The fourth-order valence-corrected chi connectivity index (χ4v) is 1.25. The van der Waals surface area contributed by atoms with Gasteiger partial charge in [-0.2, -0.15) is 0 Å². The summed E-state index contributed by atoms with van der Waals surface area (Å²) in [5, 5.41) is 3.06. The highest BCUT2D eigenvalue weighted by Gasteiger charge is 1.96. The average Bonchev–Trinajstić information content (AvgIpc) is 2.42. The van der Waals surface area contributed by atoms with Crippen LogP contribution in [0.1, 0.15) is 0 Å². The lowest BCUT2D eigenvalue weighted by Gasteiger charge is -2.09. The molecule has 0 bridgehead atoms. The van der Waals surface area contributed by atoms with Gasteiger partial charge < -0.3 is 14.8 Å². The van der Waals surface area contributed by atoms with Crippen molar-refractivity contribution in [2.45, 2.75) is 0 Å². The monoisotopic (exact) mass is 252 g/mol. The zero-order chi connectivity index (χ0) is 13.1. The van der Waals surface area contributed by atoms with Crippen molar-refractivity contribution in [3.05, 3.63) is 30.3 Å². The zero-order valence-electron chi connectivity index (χ0n) is 10.6. The molecule has 0 atom stereocenters. The number of nitrogens with one attached hydrogen (secondary N) is 2. The first kappa shape index (κ1) is 14.4. The third-order valence-corrected chi connectivity index (χ3v) is 2.11. The fraction of sp³-hybridized carbons (Fsp3) is 0.417. The minimum atomic E-state index is 0.511. The predicted molar refractivity (Wildman–Crippen MR) is 72.4 cm³/mol. The van der Waals surface area contributed by atoms with E-state index in [-0.39, 0.29) is 0 Å². The zero-order valence-corrected chi connectivity index (χ0v) is 10.6. The van der Waals surface area contributed by atoms with Gasteiger partial charge in [0.25, 0.3) is 0 Å². The van der Waals surface area contributed by atoms with Gasteiger partial charge in [-0.25, -0.2) is 10.8 Å². The van der Waals surface area contributed by atoms with Crippen molar-refractivity contribution in [1.82, 2.24) is 5.43 Å². The highest BCUT2D eigenvalue weighted by Crippen LogP contribution is 2.03. The van der Waals surface area contributed by atoms with E-state index in [4.69, 9.17) is 15.3 Å². The molecule has 6 nitrogen and oxygen atoms in total. The van der Waals surface area contributed by atoms with Gasteiger partial charge in [-0.15, -0.1) is 0 Å². The van der Waals surface area contributed by atoms with E-state index >= 15 is 0 Å². The van der Waals surface area contributed by atoms with Gasteiger partial charge in [-0.05, 0) is 12.1 Å². The first-order valence-corrected chi connectivity index (χ1v) is 5.76. The normalized spacial score (nSPS) is 11.3. The van der Waals surface area contributed by atoms with Crippen LogP contribution in [0.2, 0.25) is 0 Å². The lowest BCUT2D eigenvalue weighted by atomic mass is 10.3. The molecule has 0 spiro atoms. The highest BCUT2D eigenvalue weighted by atomic mass is 16.5. The smallest absolute Gasteiger partial charge is 0.210 e. The number of methoxy groups -OCH3 is 1. The molecular formula is C12H20N4O2. The van der Waals surface area contributed by atoms with Gasteiger partial charge in [0.15, 0.2) is 0 Å². The molecule has 0 saturated heterocycles. The molecule has 0 amide bonds. The maximum absolute atomic E-state index is 5.38. The molecular weight excluding hydrogens is 232 g/mol. The third kappa shape index (κ3) is 6.19. The van der Waals surface area contributed by atoms with E-state index in [1.165, 1.54) is 0 Å². The second kappa shape index (κ2) is 9.41. The quantitative estimate of drug-likeness (QED) is 0.217. The number of benzene rings is 1. The molecule has 0 aliphatic rings. The maximum Gasteiger partial charge on any atom is 0.210 e. The van der Waals surface area contributed by atoms with E-state index in [0.29, 0.717) is 32.3 Å². The minimum absolute atomic E-state index is 0.511. The SMILES string of the molecule is COCCOCCN=C(NN)Nc1ccccc1. The first-order chi connectivity index (χ1) is 8.86. The van der Waals surface area contributed by atoms with Crippen molar-refractivity contribution < 1.29 is 9.47 Å². The number of guanidine groups is 1. The van der Waals surface area contributed by atoms with Crippen LogP contribution < -0.4 is 16.6 Å². The van der Waals surface area contributed by atoms with Crippen LogP contribution in [0.25, 0.3) is 0 Å². The Morgan fingerprint density at radius 3 is 2.67 bits per heavy atom. The number of aliphatic imine (C=N–C) groups is 1. The Labute approximate surface area is 107 Å². The molecule has 6 heteroatoms. The summed E-state index contributed by atoms with van der Waals surface area (Å²) in [5.41, 5.74) is 3.44. The highest BCUT2D eigenvalue weighted by molar-refractivity contribution is 5.93. The fourth-order valence-electron chi connectivity index (χ4n) is 1.25. The summed E-state index contributed by atoms with van der Waals surface area (Å²) in [6.07, 6.45) is 0. The number of rotatable bonds is 7. The predicted octanol–water partition coefficient (Wildman–Crippen LogP) is 0.581. The number of para-hydroxylation sites is 1. The van der Waals surface area contributed by atoms with Crippen molar-refractivity contribution >= 4 is 11.6 Å². The minimum Gasteiger partial charge on any atom is -0.382 e. The van der Waals surface area contributed by atoms with Crippen molar-refractivity contribution in [3.63, 3.8) is 0 Å². The van der Waals surface area contributed by atoms with Gasteiger partial charge >= 0.3 is 0 Å². The van der Waals surface area contributed by atoms with Crippen molar-refractivity contribution in [2.75, 3.05) is 38.8 Å². The van der Waals surface area contributed by atoms with E-state index in [0.717, 1.165) is 5.69 Å². The molecule has 100 valence electrons. The Hall–Kier alpha value is -1.63. The van der Waals surface area contributed by atoms with Crippen LogP contribution >= 0.6 is 0 Å². The topological polar surface area (TPSA) is 80.9 Å². The summed E-state index contributed by atoms with van der Waals surface area (Å²) in [6, 6.07) is 9.68. The summed E-state index contributed by atoms with van der Waals surface area (Å²) < 4.78 is 10.2. The summed E-state index contributed by atoms with van der Waals surface area (Å²) in [4.78, 5) is 4.24. The van der Waals surface area contributed by atoms with Gasteiger partial charge in [0, 0.05) is 12.8 Å².